The minimum atomic E-state index is -0.602. The average Bonchev–Trinajstić information content (AvgIpc) is 1.75. The van der Waals surface area contributed by atoms with Crippen LogP contribution in [0.1, 0.15) is 39.0 Å². The van der Waals surface area contributed by atoms with Crippen LogP contribution in [0.4, 0.5) is 0 Å². The van der Waals surface area contributed by atoms with Gasteiger partial charge in [-0.1, -0.05) is 6.42 Å². The average molecular weight is 154 g/mol. The molecule has 2 nitrogen and oxygen atoms in total. The first-order valence-corrected chi connectivity index (χ1v) is 4.30. The second-order valence-electron chi connectivity index (χ2n) is 4.57. The Labute approximate surface area is 66.6 Å². The fraction of sp³-hybridized carbons (Fsp3) is 0.889. The lowest BCUT2D eigenvalue weighted by Gasteiger charge is -2.58. The van der Waals surface area contributed by atoms with Gasteiger partial charge in [0.25, 0.3) is 0 Å². The van der Waals surface area contributed by atoms with Crippen LogP contribution in [0, 0.1) is 10.8 Å². The highest BCUT2D eigenvalue weighted by molar-refractivity contribution is 5.75. The molecule has 0 heterocycles. The number of aliphatic carboxylic acids is 1. The Morgan fingerprint density at radius 3 is 2.18 bits per heavy atom. The Bertz CT molecular complexity index is 196. The summed E-state index contributed by atoms with van der Waals surface area (Å²) in [6, 6.07) is 0. The van der Waals surface area contributed by atoms with Crippen molar-refractivity contribution >= 4 is 5.97 Å². The van der Waals surface area contributed by atoms with Crippen molar-refractivity contribution in [3.8, 4) is 0 Å². The number of hydrogen-bond acceptors (Lipinski definition) is 1. The van der Waals surface area contributed by atoms with Crippen LogP contribution in [-0.2, 0) is 4.79 Å². The van der Waals surface area contributed by atoms with E-state index in [1.807, 2.05) is 6.92 Å². The zero-order valence-corrected chi connectivity index (χ0v) is 6.89. The minimum absolute atomic E-state index is 0.375. The molecule has 0 atom stereocenters. The van der Waals surface area contributed by atoms with Crippen LogP contribution in [0.25, 0.3) is 0 Å². The molecule has 2 aliphatic rings. The van der Waals surface area contributed by atoms with Crippen molar-refractivity contribution < 1.29 is 9.90 Å². The Hall–Kier alpha value is -0.530. The number of hydrogen-bond donors (Lipinski definition) is 1. The summed E-state index contributed by atoms with van der Waals surface area (Å²) < 4.78 is 0. The SMILES string of the molecule is CC1(C(=O)O)CC2(CCC2)C1. The van der Waals surface area contributed by atoms with E-state index in [1.165, 1.54) is 19.3 Å². The van der Waals surface area contributed by atoms with Crippen molar-refractivity contribution in [3.63, 3.8) is 0 Å². The summed E-state index contributed by atoms with van der Waals surface area (Å²) in [5, 5.41) is 8.84. The summed E-state index contributed by atoms with van der Waals surface area (Å²) in [7, 11) is 0. The van der Waals surface area contributed by atoms with Crippen molar-refractivity contribution in [3.05, 3.63) is 0 Å². The van der Waals surface area contributed by atoms with Crippen molar-refractivity contribution in [1.29, 1.82) is 0 Å². The van der Waals surface area contributed by atoms with Crippen molar-refractivity contribution in [1.82, 2.24) is 0 Å². The largest absolute Gasteiger partial charge is 0.481 e. The van der Waals surface area contributed by atoms with E-state index in [0.29, 0.717) is 5.41 Å². The third-order valence-electron chi connectivity index (χ3n) is 3.46. The number of rotatable bonds is 1. The molecule has 0 aromatic carbocycles. The van der Waals surface area contributed by atoms with E-state index in [4.69, 9.17) is 5.11 Å². The molecule has 2 aliphatic carbocycles. The van der Waals surface area contributed by atoms with Gasteiger partial charge in [0.05, 0.1) is 5.41 Å². The van der Waals surface area contributed by atoms with Crippen molar-refractivity contribution in [2.24, 2.45) is 10.8 Å². The zero-order chi connectivity index (χ0) is 8.11. The van der Waals surface area contributed by atoms with Crippen LogP contribution in [0.2, 0.25) is 0 Å². The molecule has 2 rings (SSSR count). The number of carbonyl (C=O) groups is 1. The van der Waals surface area contributed by atoms with E-state index in [0.717, 1.165) is 12.8 Å². The molecule has 62 valence electrons. The third-order valence-corrected chi connectivity index (χ3v) is 3.46. The molecule has 0 aromatic rings. The van der Waals surface area contributed by atoms with Crippen LogP contribution in [0.5, 0.6) is 0 Å². The summed E-state index contributed by atoms with van der Waals surface area (Å²) in [6.45, 7) is 1.87. The molecule has 2 heteroatoms. The van der Waals surface area contributed by atoms with Gasteiger partial charge in [-0.05, 0) is 38.0 Å². The van der Waals surface area contributed by atoms with Crippen LogP contribution in [0.15, 0.2) is 0 Å². The van der Waals surface area contributed by atoms with Gasteiger partial charge < -0.3 is 5.11 Å². The first kappa shape index (κ1) is 7.14. The lowest BCUT2D eigenvalue weighted by Crippen LogP contribution is -2.52. The Kier molecular flexibility index (Phi) is 1.16. The molecule has 2 saturated carbocycles. The first-order valence-electron chi connectivity index (χ1n) is 4.30. The maximum atomic E-state index is 10.7. The van der Waals surface area contributed by atoms with Gasteiger partial charge in [-0.2, -0.15) is 0 Å². The molecule has 0 aromatic heterocycles. The Morgan fingerprint density at radius 1 is 1.36 bits per heavy atom. The second-order valence-corrected chi connectivity index (χ2v) is 4.57. The van der Waals surface area contributed by atoms with Crippen molar-refractivity contribution in [2.75, 3.05) is 0 Å². The predicted molar refractivity (Wildman–Crippen MR) is 41.3 cm³/mol. The molecule has 0 radical (unpaired) electrons. The molecule has 11 heavy (non-hydrogen) atoms. The van der Waals surface area contributed by atoms with E-state index in [9.17, 15) is 4.79 Å². The maximum absolute atomic E-state index is 10.7. The molecule has 0 saturated heterocycles. The summed E-state index contributed by atoms with van der Waals surface area (Å²) in [5.74, 6) is -0.602. The summed E-state index contributed by atoms with van der Waals surface area (Å²) in [4.78, 5) is 10.7. The summed E-state index contributed by atoms with van der Waals surface area (Å²) in [5.41, 5.74) is 0.105. The van der Waals surface area contributed by atoms with Crippen LogP contribution in [-0.4, -0.2) is 11.1 Å². The first-order chi connectivity index (χ1) is 5.06. The van der Waals surface area contributed by atoms with E-state index in [-0.39, 0.29) is 5.41 Å². The summed E-state index contributed by atoms with van der Waals surface area (Å²) >= 11 is 0. The highest BCUT2D eigenvalue weighted by Crippen LogP contribution is 2.64. The molecule has 0 unspecified atom stereocenters. The van der Waals surface area contributed by atoms with Gasteiger partial charge in [0.15, 0.2) is 0 Å². The van der Waals surface area contributed by atoms with Gasteiger partial charge in [0, 0.05) is 0 Å². The topological polar surface area (TPSA) is 37.3 Å². The van der Waals surface area contributed by atoms with Crippen LogP contribution >= 0.6 is 0 Å². The highest BCUT2D eigenvalue weighted by atomic mass is 16.4. The Balaban J connectivity index is 2.00. The van der Waals surface area contributed by atoms with Gasteiger partial charge in [-0.25, -0.2) is 0 Å². The van der Waals surface area contributed by atoms with E-state index < -0.39 is 5.97 Å². The highest BCUT2D eigenvalue weighted by Gasteiger charge is 2.58. The van der Waals surface area contributed by atoms with Gasteiger partial charge in [0.1, 0.15) is 0 Å². The number of carboxylic acids is 1. The Morgan fingerprint density at radius 2 is 1.91 bits per heavy atom. The standard InChI is InChI=1S/C9H14O2/c1-8(7(10)11)5-9(6-8)3-2-4-9/h2-6H2,1H3,(H,10,11). The minimum Gasteiger partial charge on any atom is -0.481 e. The van der Waals surface area contributed by atoms with Crippen molar-refractivity contribution in [2.45, 2.75) is 39.0 Å². The maximum Gasteiger partial charge on any atom is 0.309 e. The van der Waals surface area contributed by atoms with Gasteiger partial charge in [-0.3, -0.25) is 4.79 Å². The lowest BCUT2D eigenvalue weighted by atomic mass is 9.46. The molecule has 0 aliphatic heterocycles. The summed E-state index contributed by atoms with van der Waals surface area (Å²) in [6.07, 6.45) is 5.71. The quantitative estimate of drug-likeness (QED) is 0.627. The zero-order valence-electron chi connectivity index (χ0n) is 6.89. The van der Waals surface area contributed by atoms with E-state index >= 15 is 0 Å². The smallest absolute Gasteiger partial charge is 0.309 e. The monoisotopic (exact) mass is 154 g/mol. The molecule has 2 fully saturated rings. The second kappa shape index (κ2) is 1.79. The molecular weight excluding hydrogens is 140 g/mol. The normalized spacial score (nSPS) is 30.6. The van der Waals surface area contributed by atoms with Gasteiger partial charge in [0.2, 0.25) is 0 Å². The van der Waals surface area contributed by atoms with Crippen LogP contribution < -0.4 is 0 Å². The fourth-order valence-corrected chi connectivity index (χ4v) is 2.79. The van der Waals surface area contributed by atoms with Gasteiger partial charge in [-0.15, -0.1) is 0 Å². The van der Waals surface area contributed by atoms with E-state index in [2.05, 4.69) is 0 Å². The number of carboxylic acid groups (broad SMARTS) is 1. The molecule has 0 bridgehead atoms. The molecule has 0 amide bonds. The molecular formula is C9H14O2. The van der Waals surface area contributed by atoms with Crippen LogP contribution in [0.3, 0.4) is 0 Å². The predicted octanol–water partition coefficient (Wildman–Crippen LogP) is 2.04. The lowest BCUT2D eigenvalue weighted by molar-refractivity contribution is -0.171. The molecule has 1 spiro atoms. The third kappa shape index (κ3) is 0.815. The molecule has 1 N–H and O–H groups in total. The fourth-order valence-electron chi connectivity index (χ4n) is 2.79. The van der Waals surface area contributed by atoms with E-state index in [1.54, 1.807) is 0 Å². The van der Waals surface area contributed by atoms with Gasteiger partial charge >= 0.3 is 5.97 Å².